The Labute approximate surface area is 90.8 Å². The summed E-state index contributed by atoms with van der Waals surface area (Å²) in [6, 6.07) is 3.83. The second kappa shape index (κ2) is 5.34. The van der Waals surface area contributed by atoms with Crippen molar-refractivity contribution in [3.8, 4) is 0 Å². The highest BCUT2D eigenvalue weighted by Crippen LogP contribution is 2.08. The van der Waals surface area contributed by atoms with Gasteiger partial charge in [-0.2, -0.15) is 0 Å². The number of rotatable bonds is 3. The quantitative estimate of drug-likeness (QED) is 0.602. The van der Waals surface area contributed by atoms with Gasteiger partial charge in [-0.15, -0.1) is 0 Å². The minimum Gasteiger partial charge on any atom is -0.370 e. The normalized spacial score (nSPS) is 11.9. The summed E-state index contributed by atoms with van der Waals surface area (Å²) < 4.78 is 0. The number of nitrogens with zero attached hydrogens (tertiary/aromatic N) is 3. The molecule has 0 aliphatic rings. The van der Waals surface area contributed by atoms with Crippen LogP contribution >= 0.6 is 0 Å². The summed E-state index contributed by atoms with van der Waals surface area (Å²) in [6.07, 6.45) is 3.50. The molecule has 15 heavy (non-hydrogen) atoms. The molecule has 0 bridgehead atoms. The number of hydrogen-bond donors (Lipinski definition) is 1. The van der Waals surface area contributed by atoms with Crippen molar-refractivity contribution in [1.29, 1.82) is 0 Å². The molecule has 4 nitrogen and oxygen atoms in total. The van der Waals surface area contributed by atoms with Crippen LogP contribution in [-0.4, -0.2) is 24.5 Å². The van der Waals surface area contributed by atoms with Crippen LogP contribution in [0.1, 0.15) is 13.8 Å². The topological polar surface area (TPSA) is 54.5 Å². The summed E-state index contributed by atoms with van der Waals surface area (Å²) in [5.41, 5.74) is 6.79. The average Bonchev–Trinajstić information content (AvgIpc) is 2.26. The Morgan fingerprint density at radius 3 is 2.87 bits per heavy atom. The third kappa shape index (κ3) is 3.58. The standard InChI is InChI=1S/C11H18N4/c1-9(2)7-14-11(12)15(3)10-5-4-6-13-8-10/h4-6,8-9H,7H2,1-3H3,(H2,12,14). The van der Waals surface area contributed by atoms with E-state index in [4.69, 9.17) is 5.73 Å². The maximum Gasteiger partial charge on any atom is 0.195 e. The van der Waals surface area contributed by atoms with Crippen molar-refractivity contribution in [2.24, 2.45) is 16.6 Å². The van der Waals surface area contributed by atoms with Crippen molar-refractivity contribution >= 4 is 11.6 Å². The molecule has 0 atom stereocenters. The zero-order valence-electron chi connectivity index (χ0n) is 9.51. The van der Waals surface area contributed by atoms with E-state index in [1.165, 1.54) is 0 Å². The lowest BCUT2D eigenvalue weighted by molar-refractivity contribution is 0.664. The first-order valence-electron chi connectivity index (χ1n) is 5.05. The van der Waals surface area contributed by atoms with Gasteiger partial charge in [0, 0.05) is 19.8 Å². The van der Waals surface area contributed by atoms with Crippen molar-refractivity contribution < 1.29 is 0 Å². The predicted octanol–water partition coefficient (Wildman–Crippen LogP) is 1.49. The van der Waals surface area contributed by atoms with Crippen LogP contribution in [0.15, 0.2) is 29.5 Å². The summed E-state index contributed by atoms with van der Waals surface area (Å²) in [5.74, 6) is 1.04. The van der Waals surface area contributed by atoms with E-state index >= 15 is 0 Å². The van der Waals surface area contributed by atoms with Gasteiger partial charge in [0.15, 0.2) is 5.96 Å². The Bertz CT molecular complexity index is 319. The molecule has 1 rings (SSSR count). The van der Waals surface area contributed by atoms with Gasteiger partial charge in [0.05, 0.1) is 11.9 Å². The largest absolute Gasteiger partial charge is 0.370 e. The molecule has 1 aromatic heterocycles. The zero-order chi connectivity index (χ0) is 11.3. The number of guanidine groups is 1. The number of aromatic nitrogens is 1. The molecule has 2 N–H and O–H groups in total. The molecule has 0 fully saturated rings. The van der Waals surface area contributed by atoms with E-state index in [0.717, 1.165) is 12.2 Å². The van der Waals surface area contributed by atoms with Crippen LogP contribution in [0.2, 0.25) is 0 Å². The van der Waals surface area contributed by atoms with Gasteiger partial charge in [0.2, 0.25) is 0 Å². The lowest BCUT2D eigenvalue weighted by Crippen LogP contribution is -2.34. The van der Waals surface area contributed by atoms with E-state index in [1.807, 2.05) is 24.1 Å². The number of hydrogen-bond acceptors (Lipinski definition) is 2. The van der Waals surface area contributed by atoms with Crippen LogP contribution in [-0.2, 0) is 0 Å². The fraction of sp³-hybridized carbons (Fsp3) is 0.455. The van der Waals surface area contributed by atoms with Gasteiger partial charge >= 0.3 is 0 Å². The van der Waals surface area contributed by atoms with Crippen LogP contribution < -0.4 is 10.6 Å². The smallest absolute Gasteiger partial charge is 0.195 e. The average molecular weight is 206 g/mol. The van der Waals surface area contributed by atoms with Crippen LogP contribution in [0.5, 0.6) is 0 Å². The Kier molecular flexibility index (Phi) is 4.09. The maximum atomic E-state index is 5.85. The third-order valence-corrected chi connectivity index (χ3v) is 2.00. The van der Waals surface area contributed by atoms with Crippen molar-refractivity contribution in [2.75, 3.05) is 18.5 Å². The fourth-order valence-electron chi connectivity index (χ4n) is 1.07. The van der Waals surface area contributed by atoms with E-state index in [9.17, 15) is 0 Å². The Morgan fingerprint density at radius 1 is 1.60 bits per heavy atom. The molecule has 0 aromatic carbocycles. The van der Waals surface area contributed by atoms with Crippen molar-refractivity contribution in [1.82, 2.24) is 4.98 Å². The fourth-order valence-corrected chi connectivity index (χ4v) is 1.07. The van der Waals surface area contributed by atoms with Gasteiger partial charge in [-0.05, 0) is 18.1 Å². The molecule has 0 amide bonds. The molecular weight excluding hydrogens is 188 g/mol. The SMILES string of the molecule is CC(C)CN=C(N)N(C)c1cccnc1. The van der Waals surface area contributed by atoms with E-state index in [2.05, 4.69) is 23.8 Å². The van der Waals surface area contributed by atoms with Crippen LogP contribution in [0, 0.1) is 5.92 Å². The first-order valence-corrected chi connectivity index (χ1v) is 5.05. The molecular formula is C11H18N4. The molecule has 0 unspecified atom stereocenters. The number of nitrogens with two attached hydrogens (primary N) is 1. The van der Waals surface area contributed by atoms with Gasteiger partial charge in [-0.1, -0.05) is 13.8 Å². The summed E-state index contributed by atoms with van der Waals surface area (Å²) in [6.45, 7) is 4.97. The highest BCUT2D eigenvalue weighted by atomic mass is 15.2. The molecule has 0 radical (unpaired) electrons. The number of pyridine rings is 1. The summed E-state index contributed by atoms with van der Waals surface area (Å²) >= 11 is 0. The second-order valence-corrected chi connectivity index (χ2v) is 3.86. The highest BCUT2D eigenvalue weighted by molar-refractivity contribution is 5.94. The summed E-state index contributed by atoms with van der Waals surface area (Å²) in [7, 11) is 1.89. The summed E-state index contributed by atoms with van der Waals surface area (Å²) in [4.78, 5) is 10.2. The van der Waals surface area contributed by atoms with Crippen LogP contribution in [0.4, 0.5) is 5.69 Å². The molecule has 1 aromatic rings. The van der Waals surface area contributed by atoms with Crippen LogP contribution in [0.25, 0.3) is 0 Å². The minimum absolute atomic E-state index is 0.519. The molecule has 0 aliphatic carbocycles. The van der Waals surface area contributed by atoms with E-state index in [1.54, 1.807) is 12.4 Å². The zero-order valence-corrected chi connectivity index (χ0v) is 9.51. The van der Waals surface area contributed by atoms with E-state index in [0.29, 0.717) is 11.9 Å². The van der Waals surface area contributed by atoms with Gasteiger partial charge in [0.1, 0.15) is 0 Å². The second-order valence-electron chi connectivity index (χ2n) is 3.86. The highest BCUT2D eigenvalue weighted by Gasteiger charge is 2.04. The van der Waals surface area contributed by atoms with Crippen molar-refractivity contribution in [3.63, 3.8) is 0 Å². The first-order chi connectivity index (χ1) is 7.11. The molecule has 0 saturated carbocycles. The van der Waals surface area contributed by atoms with Gasteiger partial charge in [-0.25, -0.2) is 0 Å². The molecule has 0 aliphatic heterocycles. The Balaban J connectivity index is 2.68. The van der Waals surface area contributed by atoms with Gasteiger partial charge < -0.3 is 10.6 Å². The van der Waals surface area contributed by atoms with Gasteiger partial charge in [-0.3, -0.25) is 9.98 Å². The first kappa shape index (κ1) is 11.5. The Morgan fingerprint density at radius 2 is 2.33 bits per heavy atom. The predicted molar refractivity (Wildman–Crippen MR) is 64.0 cm³/mol. The third-order valence-electron chi connectivity index (χ3n) is 2.00. The maximum absolute atomic E-state index is 5.85. The number of anilines is 1. The van der Waals surface area contributed by atoms with E-state index in [-0.39, 0.29) is 0 Å². The molecule has 82 valence electrons. The molecule has 0 saturated heterocycles. The molecule has 0 spiro atoms. The van der Waals surface area contributed by atoms with Gasteiger partial charge in [0.25, 0.3) is 0 Å². The van der Waals surface area contributed by atoms with Crippen LogP contribution in [0.3, 0.4) is 0 Å². The number of aliphatic imine (C=N–C) groups is 1. The van der Waals surface area contributed by atoms with Crippen molar-refractivity contribution in [2.45, 2.75) is 13.8 Å². The Hall–Kier alpha value is -1.58. The summed E-state index contributed by atoms with van der Waals surface area (Å²) in [5, 5.41) is 0. The minimum atomic E-state index is 0.519. The lowest BCUT2D eigenvalue weighted by atomic mass is 10.2. The lowest BCUT2D eigenvalue weighted by Gasteiger charge is -2.17. The van der Waals surface area contributed by atoms with E-state index < -0.39 is 0 Å². The monoisotopic (exact) mass is 206 g/mol. The molecule has 1 heterocycles. The molecule has 4 heteroatoms. The van der Waals surface area contributed by atoms with Crippen molar-refractivity contribution in [3.05, 3.63) is 24.5 Å².